The molecule has 0 unspecified atom stereocenters. The molecule has 1 N–H and O–H groups in total. The zero-order valence-corrected chi connectivity index (χ0v) is 15.0. The fourth-order valence-electron chi connectivity index (χ4n) is 3.03. The van der Waals surface area contributed by atoms with Crippen LogP contribution in [-0.4, -0.2) is 10.5 Å². The van der Waals surface area contributed by atoms with Gasteiger partial charge in [0.05, 0.1) is 6.54 Å². The summed E-state index contributed by atoms with van der Waals surface area (Å²) >= 11 is 0. The van der Waals surface area contributed by atoms with Crippen molar-refractivity contribution < 1.29 is 4.79 Å². The zero-order chi connectivity index (χ0) is 18.5. The average Bonchev–Trinajstić information content (AvgIpc) is 2.65. The Balaban J connectivity index is 1.88. The topological polar surface area (TPSA) is 51.1 Å². The molecule has 3 aromatic rings. The van der Waals surface area contributed by atoms with Crippen LogP contribution in [0.4, 0.5) is 0 Å². The highest BCUT2D eigenvalue weighted by molar-refractivity contribution is 5.95. The number of rotatable bonds is 5. The van der Waals surface area contributed by atoms with Crippen LogP contribution in [0.5, 0.6) is 0 Å². The highest BCUT2D eigenvalue weighted by atomic mass is 16.2. The summed E-state index contributed by atoms with van der Waals surface area (Å²) in [6, 6.07) is 21.3. The molecule has 1 aromatic heterocycles. The maximum absolute atomic E-state index is 13.0. The lowest BCUT2D eigenvalue weighted by Gasteiger charge is -2.15. The van der Waals surface area contributed by atoms with Crippen LogP contribution >= 0.6 is 0 Å². The van der Waals surface area contributed by atoms with Gasteiger partial charge in [-0.05, 0) is 36.6 Å². The Morgan fingerprint density at radius 2 is 1.50 bits per heavy atom. The third kappa shape index (κ3) is 3.91. The molecule has 4 heteroatoms. The SMILES string of the molecule is Cc1cc(C)n(Cc2ccccc2)c(=O)c1C(=O)NCc1ccccc1. The van der Waals surface area contributed by atoms with Gasteiger partial charge in [0.25, 0.3) is 11.5 Å². The van der Waals surface area contributed by atoms with Gasteiger partial charge in [-0.1, -0.05) is 60.7 Å². The second-order valence-electron chi connectivity index (χ2n) is 6.39. The lowest BCUT2D eigenvalue weighted by atomic mass is 10.1. The molecule has 0 saturated heterocycles. The predicted octanol–water partition coefficient (Wildman–Crippen LogP) is 3.44. The summed E-state index contributed by atoms with van der Waals surface area (Å²) in [4.78, 5) is 25.6. The minimum Gasteiger partial charge on any atom is -0.348 e. The Bertz CT molecular complexity index is 961. The highest BCUT2D eigenvalue weighted by Crippen LogP contribution is 2.10. The van der Waals surface area contributed by atoms with E-state index in [0.717, 1.165) is 16.8 Å². The number of benzene rings is 2. The molecule has 4 nitrogen and oxygen atoms in total. The van der Waals surface area contributed by atoms with Crippen LogP contribution in [0.1, 0.15) is 32.7 Å². The molecule has 0 atom stereocenters. The van der Waals surface area contributed by atoms with Crippen molar-refractivity contribution in [3.63, 3.8) is 0 Å². The summed E-state index contributed by atoms with van der Waals surface area (Å²) in [5.41, 5.74) is 3.52. The van der Waals surface area contributed by atoms with Crippen molar-refractivity contribution in [2.75, 3.05) is 0 Å². The number of hydrogen-bond acceptors (Lipinski definition) is 2. The molecule has 0 aliphatic rings. The van der Waals surface area contributed by atoms with Crippen molar-refractivity contribution in [2.24, 2.45) is 0 Å². The maximum atomic E-state index is 13.0. The van der Waals surface area contributed by atoms with Crippen molar-refractivity contribution in [1.82, 2.24) is 9.88 Å². The normalized spacial score (nSPS) is 10.5. The molecule has 0 bridgehead atoms. The van der Waals surface area contributed by atoms with Crippen molar-refractivity contribution in [1.29, 1.82) is 0 Å². The van der Waals surface area contributed by atoms with Crippen LogP contribution in [0, 0.1) is 13.8 Å². The molecule has 1 heterocycles. The van der Waals surface area contributed by atoms with Gasteiger partial charge in [0.2, 0.25) is 0 Å². The van der Waals surface area contributed by atoms with E-state index in [0.29, 0.717) is 18.7 Å². The molecule has 0 radical (unpaired) electrons. The van der Waals surface area contributed by atoms with E-state index in [1.54, 1.807) is 11.5 Å². The van der Waals surface area contributed by atoms with Gasteiger partial charge in [0.15, 0.2) is 0 Å². The lowest BCUT2D eigenvalue weighted by Crippen LogP contribution is -2.35. The van der Waals surface area contributed by atoms with Gasteiger partial charge in [0, 0.05) is 12.2 Å². The number of nitrogens with zero attached hydrogens (tertiary/aromatic N) is 1. The molecule has 1 amide bonds. The number of carbonyl (C=O) groups excluding carboxylic acids is 1. The van der Waals surface area contributed by atoms with Gasteiger partial charge in [-0.15, -0.1) is 0 Å². The van der Waals surface area contributed by atoms with Crippen LogP contribution in [0.3, 0.4) is 0 Å². The Morgan fingerprint density at radius 3 is 2.12 bits per heavy atom. The maximum Gasteiger partial charge on any atom is 0.264 e. The first-order valence-corrected chi connectivity index (χ1v) is 8.63. The van der Waals surface area contributed by atoms with E-state index in [1.807, 2.05) is 73.7 Å². The van der Waals surface area contributed by atoms with Crippen molar-refractivity contribution in [3.05, 3.63) is 105 Å². The minimum absolute atomic E-state index is 0.211. The fraction of sp³-hybridized carbons (Fsp3) is 0.182. The molecule has 132 valence electrons. The van der Waals surface area contributed by atoms with E-state index in [2.05, 4.69) is 5.32 Å². The summed E-state index contributed by atoms with van der Waals surface area (Å²) in [6.07, 6.45) is 0. The average molecular weight is 346 g/mol. The van der Waals surface area contributed by atoms with E-state index < -0.39 is 0 Å². The number of aryl methyl sites for hydroxylation is 2. The summed E-state index contributed by atoms with van der Waals surface area (Å²) in [5.74, 6) is -0.335. The van der Waals surface area contributed by atoms with Crippen LogP contribution in [0.15, 0.2) is 71.5 Å². The number of pyridine rings is 1. The smallest absolute Gasteiger partial charge is 0.264 e. The molecular formula is C22H22N2O2. The second-order valence-corrected chi connectivity index (χ2v) is 6.39. The number of amides is 1. The van der Waals surface area contributed by atoms with Gasteiger partial charge in [-0.2, -0.15) is 0 Å². The Labute approximate surface area is 153 Å². The Kier molecular flexibility index (Phi) is 5.32. The monoisotopic (exact) mass is 346 g/mol. The third-order valence-corrected chi connectivity index (χ3v) is 4.41. The van der Waals surface area contributed by atoms with Crippen LogP contribution in [0.25, 0.3) is 0 Å². The van der Waals surface area contributed by atoms with Gasteiger partial charge >= 0.3 is 0 Å². The summed E-state index contributed by atoms with van der Waals surface area (Å²) in [7, 11) is 0. The number of aromatic nitrogens is 1. The summed E-state index contributed by atoms with van der Waals surface area (Å²) < 4.78 is 1.65. The zero-order valence-electron chi connectivity index (χ0n) is 15.0. The molecule has 26 heavy (non-hydrogen) atoms. The molecule has 0 saturated carbocycles. The predicted molar refractivity (Wildman–Crippen MR) is 103 cm³/mol. The molecular weight excluding hydrogens is 324 g/mol. The molecule has 0 aliphatic heterocycles. The number of carbonyl (C=O) groups is 1. The van der Waals surface area contributed by atoms with Crippen LogP contribution < -0.4 is 10.9 Å². The van der Waals surface area contributed by atoms with E-state index in [1.165, 1.54) is 0 Å². The minimum atomic E-state index is -0.335. The van der Waals surface area contributed by atoms with Crippen LogP contribution in [-0.2, 0) is 13.1 Å². The highest BCUT2D eigenvalue weighted by Gasteiger charge is 2.17. The first-order chi connectivity index (χ1) is 12.6. The molecule has 3 rings (SSSR count). The van der Waals surface area contributed by atoms with Gasteiger partial charge in [-0.3, -0.25) is 9.59 Å². The molecule has 2 aromatic carbocycles. The molecule has 0 spiro atoms. The summed E-state index contributed by atoms with van der Waals surface area (Å²) in [6.45, 7) is 4.54. The van der Waals surface area contributed by atoms with E-state index in [4.69, 9.17) is 0 Å². The van der Waals surface area contributed by atoms with E-state index in [-0.39, 0.29) is 17.0 Å². The first kappa shape index (κ1) is 17.7. The lowest BCUT2D eigenvalue weighted by molar-refractivity contribution is 0.0948. The Morgan fingerprint density at radius 1 is 0.923 bits per heavy atom. The largest absolute Gasteiger partial charge is 0.348 e. The Hall–Kier alpha value is -3.14. The molecule has 0 fully saturated rings. The van der Waals surface area contributed by atoms with Gasteiger partial charge in [-0.25, -0.2) is 0 Å². The quantitative estimate of drug-likeness (QED) is 0.769. The van der Waals surface area contributed by atoms with Gasteiger partial charge < -0.3 is 9.88 Å². The number of nitrogens with one attached hydrogen (secondary N) is 1. The molecule has 0 aliphatic carbocycles. The number of hydrogen-bond donors (Lipinski definition) is 1. The van der Waals surface area contributed by atoms with E-state index in [9.17, 15) is 9.59 Å². The first-order valence-electron chi connectivity index (χ1n) is 8.63. The van der Waals surface area contributed by atoms with E-state index >= 15 is 0 Å². The standard InChI is InChI=1S/C22H22N2O2/c1-16-13-17(2)24(15-19-11-7-4-8-12-19)22(26)20(16)21(25)23-14-18-9-5-3-6-10-18/h3-13H,14-15H2,1-2H3,(H,23,25). The third-order valence-electron chi connectivity index (χ3n) is 4.41. The summed E-state index contributed by atoms with van der Waals surface area (Å²) in [5, 5.41) is 2.86. The van der Waals surface area contributed by atoms with Gasteiger partial charge in [0.1, 0.15) is 5.56 Å². The van der Waals surface area contributed by atoms with Crippen molar-refractivity contribution in [3.8, 4) is 0 Å². The van der Waals surface area contributed by atoms with Crippen LogP contribution in [0.2, 0.25) is 0 Å². The van der Waals surface area contributed by atoms with Crippen molar-refractivity contribution >= 4 is 5.91 Å². The fourth-order valence-corrected chi connectivity index (χ4v) is 3.03. The van der Waals surface area contributed by atoms with Crippen molar-refractivity contribution in [2.45, 2.75) is 26.9 Å². The second kappa shape index (κ2) is 7.83.